The molecule has 3 aliphatic heterocycles. The number of piperidine rings is 1. The molecule has 268 valence electrons. The summed E-state index contributed by atoms with van der Waals surface area (Å²) in [5, 5.41) is 9.49. The predicted molar refractivity (Wildman–Crippen MR) is 172 cm³/mol. The van der Waals surface area contributed by atoms with Gasteiger partial charge in [-0.2, -0.15) is 13.2 Å². The number of carbonyl (C=O) groups excluding carboxylic acids is 1. The summed E-state index contributed by atoms with van der Waals surface area (Å²) in [6.07, 6.45) is -0.261. The molecule has 1 saturated carbocycles. The Morgan fingerprint density at radius 1 is 0.959 bits per heavy atom. The summed E-state index contributed by atoms with van der Waals surface area (Å²) < 4.78 is 85.6. The van der Waals surface area contributed by atoms with Crippen molar-refractivity contribution in [1.82, 2.24) is 9.80 Å². The zero-order chi connectivity index (χ0) is 35.1. The van der Waals surface area contributed by atoms with E-state index in [9.17, 15) is 27.9 Å². The van der Waals surface area contributed by atoms with Crippen molar-refractivity contribution in [2.24, 2.45) is 11.8 Å². The molecule has 2 aromatic rings. The van der Waals surface area contributed by atoms with Crippen LogP contribution in [0.5, 0.6) is 5.75 Å². The van der Waals surface area contributed by atoms with Gasteiger partial charge in [0.05, 0.1) is 25.2 Å². The number of alkyl halides is 4. The molecule has 0 unspecified atom stereocenters. The smallest absolute Gasteiger partial charge is 0.416 e. The van der Waals surface area contributed by atoms with Crippen molar-refractivity contribution in [3.8, 4) is 5.75 Å². The van der Waals surface area contributed by atoms with Crippen LogP contribution in [0.25, 0.3) is 0 Å². The molecule has 0 aromatic heterocycles. The topological polar surface area (TPSA) is 82.6 Å². The fraction of sp³-hybridized carbons (Fsp3) is 0.611. The highest BCUT2D eigenvalue weighted by atomic mass is 19.4. The van der Waals surface area contributed by atoms with Crippen LogP contribution in [0.15, 0.2) is 36.4 Å². The van der Waals surface area contributed by atoms with E-state index in [2.05, 4.69) is 0 Å². The van der Waals surface area contributed by atoms with Gasteiger partial charge in [0.25, 0.3) is 5.91 Å². The fourth-order valence-corrected chi connectivity index (χ4v) is 8.59. The van der Waals surface area contributed by atoms with Gasteiger partial charge in [-0.25, -0.2) is 8.78 Å². The first-order valence-corrected chi connectivity index (χ1v) is 17.1. The molecule has 4 fully saturated rings. The number of anilines is 1. The number of nitrogens with zero attached hydrogens (tertiary/aromatic N) is 3. The number of likely N-dealkylation sites (tertiary alicyclic amines) is 2. The van der Waals surface area contributed by atoms with Crippen LogP contribution in [0.3, 0.4) is 0 Å². The van der Waals surface area contributed by atoms with Crippen molar-refractivity contribution < 1.29 is 46.1 Å². The number of halogens is 5. The van der Waals surface area contributed by atoms with Crippen LogP contribution in [0, 0.1) is 17.7 Å². The number of carboxylic acids is 1. The molecule has 3 heterocycles. The van der Waals surface area contributed by atoms with Crippen LogP contribution in [0.4, 0.5) is 27.6 Å². The molecule has 1 N–H and O–H groups in total. The van der Waals surface area contributed by atoms with E-state index in [4.69, 9.17) is 9.47 Å². The summed E-state index contributed by atoms with van der Waals surface area (Å²) in [6, 6.07) is 7.90. The maximum absolute atomic E-state index is 17.6. The van der Waals surface area contributed by atoms with Crippen molar-refractivity contribution >= 4 is 17.6 Å². The summed E-state index contributed by atoms with van der Waals surface area (Å²) in [5.41, 5.74) is -2.25. The maximum Gasteiger partial charge on any atom is 0.416 e. The summed E-state index contributed by atoms with van der Waals surface area (Å²) in [4.78, 5) is 31.3. The van der Waals surface area contributed by atoms with E-state index >= 15 is 8.78 Å². The number of methoxy groups -OCH3 is 2. The van der Waals surface area contributed by atoms with Crippen LogP contribution in [-0.2, 0) is 20.5 Å². The number of aliphatic carboxylic acids is 1. The van der Waals surface area contributed by atoms with E-state index in [1.54, 1.807) is 11.0 Å². The Morgan fingerprint density at radius 2 is 1.65 bits per heavy atom. The number of carboxylic acid groups (broad SMARTS) is 1. The van der Waals surface area contributed by atoms with Gasteiger partial charge in [-0.05, 0) is 55.0 Å². The van der Waals surface area contributed by atoms with E-state index < -0.39 is 52.9 Å². The summed E-state index contributed by atoms with van der Waals surface area (Å²) in [7, 11) is 2.91. The maximum atomic E-state index is 17.6. The predicted octanol–water partition coefficient (Wildman–Crippen LogP) is 6.09. The normalized spacial score (nSPS) is 27.3. The molecule has 13 heteroatoms. The highest BCUT2D eigenvalue weighted by molar-refractivity contribution is 5.88. The minimum Gasteiger partial charge on any atom is -0.497 e. The van der Waals surface area contributed by atoms with Crippen molar-refractivity contribution in [3.05, 3.63) is 58.9 Å². The molecule has 4 atom stereocenters. The Labute approximate surface area is 283 Å². The summed E-state index contributed by atoms with van der Waals surface area (Å²) in [5.74, 6) is -4.53. The molecular formula is C36H44F5N3O5. The molecule has 49 heavy (non-hydrogen) atoms. The SMILES string of the molecule is COC[C@H]1CN(C(=O)[C@]2(F)CN(C3CCCC3)C[C@H]2c2ccc(OC)cc2F)C[C@@H]1c1ccc(C(F)(F)F)cc1N1CCC(C(=O)O)CC1. The number of rotatable bonds is 9. The zero-order valence-corrected chi connectivity index (χ0v) is 27.9. The van der Waals surface area contributed by atoms with Crippen molar-refractivity contribution in [1.29, 1.82) is 0 Å². The monoisotopic (exact) mass is 693 g/mol. The van der Waals surface area contributed by atoms with Crippen LogP contribution in [-0.4, -0.2) is 98.6 Å². The van der Waals surface area contributed by atoms with Crippen LogP contribution in [0.2, 0.25) is 0 Å². The van der Waals surface area contributed by atoms with E-state index in [1.807, 2.05) is 4.90 Å². The Bertz CT molecular complexity index is 1530. The van der Waals surface area contributed by atoms with Gasteiger partial charge in [0, 0.05) is 81.9 Å². The molecule has 1 amide bonds. The highest BCUT2D eigenvalue weighted by Gasteiger charge is 2.58. The lowest BCUT2D eigenvalue weighted by atomic mass is 9.84. The number of ether oxygens (including phenoxy) is 2. The van der Waals surface area contributed by atoms with E-state index in [-0.39, 0.29) is 82.0 Å². The second kappa shape index (κ2) is 14.0. The average molecular weight is 694 g/mol. The lowest BCUT2D eigenvalue weighted by molar-refractivity contribution is -0.143. The van der Waals surface area contributed by atoms with Crippen molar-refractivity contribution in [3.63, 3.8) is 0 Å². The molecule has 4 aliphatic rings. The zero-order valence-electron chi connectivity index (χ0n) is 27.9. The fourth-order valence-electron chi connectivity index (χ4n) is 8.59. The van der Waals surface area contributed by atoms with E-state index in [0.29, 0.717) is 11.3 Å². The summed E-state index contributed by atoms with van der Waals surface area (Å²) >= 11 is 0. The molecule has 1 aliphatic carbocycles. The second-order valence-corrected chi connectivity index (χ2v) is 14.1. The van der Waals surface area contributed by atoms with Gasteiger partial charge in [0.15, 0.2) is 0 Å². The third-order valence-electron chi connectivity index (χ3n) is 11.2. The van der Waals surface area contributed by atoms with Gasteiger partial charge in [0.2, 0.25) is 5.67 Å². The van der Waals surface area contributed by atoms with E-state index in [1.165, 1.54) is 37.3 Å². The van der Waals surface area contributed by atoms with Crippen LogP contribution in [0.1, 0.15) is 67.1 Å². The van der Waals surface area contributed by atoms with Gasteiger partial charge in [0.1, 0.15) is 11.6 Å². The molecule has 0 spiro atoms. The molecule has 3 saturated heterocycles. The molecule has 8 nitrogen and oxygen atoms in total. The number of carbonyl (C=O) groups is 2. The van der Waals surface area contributed by atoms with Crippen molar-refractivity contribution in [2.75, 3.05) is 65.0 Å². The van der Waals surface area contributed by atoms with E-state index in [0.717, 1.165) is 37.8 Å². The first-order valence-electron chi connectivity index (χ1n) is 17.1. The quantitative estimate of drug-likeness (QED) is 0.319. The minimum atomic E-state index is -4.60. The molecular weight excluding hydrogens is 649 g/mol. The van der Waals surface area contributed by atoms with Gasteiger partial charge < -0.3 is 24.4 Å². The van der Waals surface area contributed by atoms with Crippen LogP contribution >= 0.6 is 0 Å². The second-order valence-electron chi connectivity index (χ2n) is 14.1. The number of benzene rings is 2. The van der Waals surface area contributed by atoms with Crippen LogP contribution < -0.4 is 9.64 Å². The summed E-state index contributed by atoms with van der Waals surface area (Å²) in [6.45, 7) is 0.872. The lowest BCUT2D eigenvalue weighted by Gasteiger charge is -2.35. The Kier molecular flexibility index (Phi) is 10.1. The van der Waals surface area contributed by atoms with Gasteiger partial charge in [-0.15, -0.1) is 0 Å². The number of hydrogen-bond donors (Lipinski definition) is 1. The minimum absolute atomic E-state index is 0.0454. The largest absolute Gasteiger partial charge is 0.497 e. The van der Waals surface area contributed by atoms with Gasteiger partial charge in [-0.1, -0.05) is 25.0 Å². The Morgan fingerprint density at radius 3 is 2.27 bits per heavy atom. The first kappa shape index (κ1) is 35.4. The third kappa shape index (κ3) is 6.97. The lowest BCUT2D eigenvalue weighted by Crippen LogP contribution is -2.50. The molecule has 0 radical (unpaired) electrons. The number of hydrogen-bond acceptors (Lipinski definition) is 6. The average Bonchev–Trinajstić information content (AvgIpc) is 3.84. The molecule has 0 bridgehead atoms. The van der Waals surface area contributed by atoms with Gasteiger partial charge in [-0.3, -0.25) is 14.5 Å². The molecule has 6 rings (SSSR count). The Balaban J connectivity index is 1.33. The first-order chi connectivity index (χ1) is 23.3. The number of amides is 1. The Hall–Kier alpha value is -3.45. The standard InChI is InChI=1S/C36H44F5N3O5/c1-48-20-23-17-43(18-29(23)27-9-7-24(36(39,40)41)15-32(27)42-13-11-22(12-14-42)33(45)46)34(47)35(38)21-44(25-5-3-4-6-25)19-30(35)28-10-8-26(49-2)16-31(28)37/h7-10,15-16,22-23,25,29-30H,3-6,11-14,17-21H2,1-2H3,(H,45,46)/t23-,29+,30+,35+/m1/s1. The highest BCUT2D eigenvalue weighted by Crippen LogP contribution is 2.47. The van der Waals surface area contributed by atoms with Crippen molar-refractivity contribution in [2.45, 2.75) is 68.2 Å². The van der Waals surface area contributed by atoms with Gasteiger partial charge >= 0.3 is 12.1 Å². The third-order valence-corrected chi connectivity index (χ3v) is 11.2. The molecule has 2 aromatic carbocycles.